The molecule has 0 spiro atoms. The molecule has 2 aliphatic rings. The molecule has 1 aromatic heterocycles. The number of fused-ring (bicyclic) bond motifs is 1. The topological polar surface area (TPSA) is 68.8 Å². The van der Waals surface area contributed by atoms with Crippen molar-refractivity contribution in [3.63, 3.8) is 0 Å². The average molecular weight is 277 g/mol. The highest BCUT2D eigenvalue weighted by Crippen LogP contribution is 2.38. The Balaban J connectivity index is 1.84. The first-order valence-electron chi connectivity index (χ1n) is 7.91. The summed E-state index contributed by atoms with van der Waals surface area (Å²) in [4.78, 5) is 4.76. The zero-order valence-electron chi connectivity index (χ0n) is 12.9. The van der Waals surface area contributed by atoms with Crippen LogP contribution in [0.5, 0.6) is 0 Å². The minimum atomic E-state index is 0.219. The van der Waals surface area contributed by atoms with Crippen LogP contribution < -0.4 is 11.1 Å². The predicted molar refractivity (Wildman–Crippen MR) is 80.8 cm³/mol. The van der Waals surface area contributed by atoms with Crippen LogP contribution in [0.15, 0.2) is 0 Å². The van der Waals surface area contributed by atoms with Crippen molar-refractivity contribution in [1.29, 1.82) is 0 Å². The Morgan fingerprint density at radius 3 is 2.50 bits per heavy atom. The van der Waals surface area contributed by atoms with E-state index in [0.29, 0.717) is 18.0 Å². The molecule has 3 rings (SSSR count). The maximum atomic E-state index is 5.99. The van der Waals surface area contributed by atoms with E-state index < -0.39 is 0 Å². The van der Waals surface area contributed by atoms with Crippen LogP contribution in [0.25, 0.3) is 0 Å². The van der Waals surface area contributed by atoms with E-state index in [1.54, 1.807) is 0 Å². The summed E-state index contributed by atoms with van der Waals surface area (Å²) in [5, 5.41) is 8.25. The van der Waals surface area contributed by atoms with Gasteiger partial charge in [-0.05, 0) is 37.5 Å². The number of anilines is 1. The number of nitrogens with two attached hydrogens (primary N) is 1. The third kappa shape index (κ3) is 2.55. The largest absolute Gasteiger partial charge is 0.354 e. The van der Waals surface area contributed by atoms with Crippen molar-refractivity contribution in [3.05, 3.63) is 5.82 Å². The molecule has 0 saturated heterocycles. The molecule has 0 amide bonds. The van der Waals surface area contributed by atoms with Crippen LogP contribution in [0.3, 0.4) is 0 Å². The van der Waals surface area contributed by atoms with Gasteiger partial charge in [0.2, 0.25) is 5.95 Å². The molecule has 1 aliphatic carbocycles. The monoisotopic (exact) mass is 277 g/mol. The fourth-order valence-corrected chi connectivity index (χ4v) is 3.47. The maximum Gasteiger partial charge on any atom is 0.221 e. The number of rotatable bonds is 1. The summed E-state index contributed by atoms with van der Waals surface area (Å²) >= 11 is 0. The van der Waals surface area contributed by atoms with Crippen molar-refractivity contribution in [1.82, 2.24) is 14.8 Å². The molecule has 5 heteroatoms. The maximum absolute atomic E-state index is 5.99. The molecule has 5 nitrogen and oxygen atoms in total. The Morgan fingerprint density at radius 1 is 1.15 bits per heavy atom. The number of aromatic nitrogens is 3. The highest BCUT2D eigenvalue weighted by atomic mass is 15.4. The van der Waals surface area contributed by atoms with Crippen LogP contribution in [-0.2, 0) is 0 Å². The van der Waals surface area contributed by atoms with Crippen molar-refractivity contribution in [2.75, 3.05) is 11.9 Å². The van der Waals surface area contributed by atoms with Crippen LogP contribution in [-0.4, -0.2) is 27.4 Å². The molecule has 1 unspecified atom stereocenters. The fourth-order valence-electron chi connectivity index (χ4n) is 3.47. The van der Waals surface area contributed by atoms with E-state index >= 15 is 0 Å². The van der Waals surface area contributed by atoms with Crippen molar-refractivity contribution in [2.24, 2.45) is 11.1 Å². The first kappa shape index (κ1) is 13.9. The molecular weight excluding hydrogens is 250 g/mol. The summed E-state index contributed by atoms with van der Waals surface area (Å²) in [6, 6.07) is 0.815. The first-order chi connectivity index (χ1) is 9.45. The van der Waals surface area contributed by atoms with Crippen LogP contribution in [0.2, 0.25) is 0 Å². The molecule has 3 N–H and O–H groups in total. The van der Waals surface area contributed by atoms with Crippen LogP contribution in [0, 0.1) is 5.41 Å². The van der Waals surface area contributed by atoms with Gasteiger partial charge in [0.1, 0.15) is 0 Å². The molecule has 1 saturated carbocycles. The Labute approximate surface area is 121 Å². The zero-order valence-corrected chi connectivity index (χ0v) is 12.9. The summed E-state index contributed by atoms with van der Waals surface area (Å²) in [6.45, 7) is 7.85. The van der Waals surface area contributed by atoms with Crippen molar-refractivity contribution < 1.29 is 0 Å². The van der Waals surface area contributed by atoms with Crippen LogP contribution in [0.1, 0.15) is 70.7 Å². The second-order valence-corrected chi connectivity index (χ2v) is 7.45. The molecule has 20 heavy (non-hydrogen) atoms. The molecule has 0 bridgehead atoms. The lowest BCUT2D eigenvalue weighted by Crippen LogP contribution is -2.32. The van der Waals surface area contributed by atoms with Gasteiger partial charge >= 0.3 is 0 Å². The predicted octanol–water partition coefficient (Wildman–Crippen LogP) is 2.67. The lowest BCUT2D eigenvalue weighted by Gasteiger charge is -2.34. The quantitative estimate of drug-likeness (QED) is 0.828. The number of hydrogen-bond acceptors (Lipinski definition) is 4. The molecule has 112 valence electrons. The molecule has 2 heterocycles. The minimum Gasteiger partial charge on any atom is -0.354 e. The van der Waals surface area contributed by atoms with Gasteiger partial charge in [-0.1, -0.05) is 20.8 Å². The van der Waals surface area contributed by atoms with Crippen molar-refractivity contribution in [2.45, 2.75) is 70.9 Å². The summed E-state index contributed by atoms with van der Waals surface area (Å²) < 4.78 is 2.13. The van der Waals surface area contributed by atoms with Gasteiger partial charge in [-0.2, -0.15) is 10.1 Å². The first-order valence-corrected chi connectivity index (χ1v) is 7.91. The Morgan fingerprint density at radius 2 is 1.85 bits per heavy atom. The van der Waals surface area contributed by atoms with Gasteiger partial charge in [0.25, 0.3) is 0 Å². The Kier molecular flexibility index (Phi) is 3.48. The smallest absolute Gasteiger partial charge is 0.221 e. The van der Waals surface area contributed by atoms with Gasteiger partial charge < -0.3 is 11.1 Å². The summed E-state index contributed by atoms with van der Waals surface area (Å²) in [5.41, 5.74) is 6.21. The molecule has 1 aliphatic heterocycles. The normalized spacial score (nSPS) is 30.7. The van der Waals surface area contributed by atoms with Gasteiger partial charge in [-0.15, -0.1) is 0 Å². The van der Waals surface area contributed by atoms with Gasteiger partial charge in [0, 0.05) is 18.5 Å². The summed E-state index contributed by atoms with van der Waals surface area (Å²) in [7, 11) is 0. The molecule has 1 aromatic rings. The van der Waals surface area contributed by atoms with E-state index in [9.17, 15) is 0 Å². The third-order valence-corrected chi connectivity index (χ3v) is 4.78. The minimum absolute atomic E-state index is 0.219. The fraction of sp³-hybridized carbons (Fsp3) is 0.867. The number of nitrogens with one attached hydrogen (secondary N) is 1. The Hall–Kier alpha value is -1.10. The lowest BCUT2D eigenvalue weighted by atomic mass is 9.84. The van der Waals surface area contributed by atoms with Gasteiger partial charge in [0.05, 0.1) is 6.04 Å². The van der Waals surface area contributed by atoms with Gasteiger partial charge in [-0.3, -0.25) is 0 Å². The Bertz CT molecular complexity index is 465. The van der Waals surface area contributed by atoms with E-state index in [2.05, 4.69) is 30.8 Å². The summed E-state index contributed by atoms with van der Waals surface area (Å²) in [6.07, 6.45) is 5.58. The highest BCUT2D eigenvalue weighted by Gasteiger charge is 2.33. The van der Waals surface area contributed by atoms with E-state index in [1.807, 2.05) is 0 Å². The van der Waals surface area contributed by atoms with Crippen molar-refractivity contribution in [3.8, 4) is 0 Å². The van der Waals surface area contributed by atoms with Crippen LogP contribution >= 0.6 is 0 Å². The van der Waals surface area contributed by atoms with Crippen LogP contribution in [0.4, 0.5) is 5.95 Å². The molecule has 0 radical (unpaired) electrons. The SMILES string of the molecule is CC(C)(C)C1CCNc2nc(C3CCC(N)CC3)nn21. The third-order valence-electron chi connectivity index (χ3n) is 4.78. The van der Waals surface area contributed by atoms with E-state index in [-0.39, 0.29) is 5.41 Å². The summed E-state index contributed by atoms with van der Waals surface area (Å²) in [5.74, 6) is 2.48. The second-order valence-electron chi connectivity index (χ2n) is 7.45. The number of nitrogens with zero attached hydrogens (tertiary/aromatic N) is 3. The highest BCUT2D eigenvalue weighted by molar-refractivity contribution is 5.29. The average Bonchev–Trinajstić information content (AvgIpc) is 2.81. The van der Waals surface area contributed by atoms with E-state index in [4.69, 9.17) is 15.8 Å². The molecular formula is C15H27N5. The molecule has 1 atom stereocenters. The van der Waals surface area contributed by atoms with E-state index in [1.165, 1.54) is 0 Å². The molecule has 0 aromatic carbocycles. The zero-order chi connectivity index (χ0) is 14.3. The van der Waals surface area contributed by atoms with Gasteiger partial charge in [-0.25, -0.2) is 4.68 Å². The van der Waals surface area contributed by atoms with Gasteiger partial charge in [0.15, 0.2) is 5.82 Å². The van der Waals surface area contributed by atoms with E-state index in [0.717, 1.165) is 50.4 Å². The second kappa shape index (κ2) is 5.02. The van der Waals surface area contributed by atoms with Crippen molar-refractivity contribution >= 4 is 5.95 Å². The molecule has 1 fully saturated rings. The lowest BCUT2D eigenvalue weighted by molar-refractivity contribution is 0.208. The number of hydrogen-bond donors (Lipinski definition) is 2. The standard InChI is InChI=1S/C15H27N5/c1-15(2,3)12-8-9-17-14-18-13(19-20(12)14)10-4-6-11(16)7-5-10/h10-12H,4-9,16H2,1-3H3,(H,17,18,19).